The molecule has 0 atom stereocenters. The lowest BCUT2D eigenvalue weighted by molar-refractivity contribution is -0.116. The molecule has 1 aromatic carbocycles. The van der Waals surface area contributed by atoms with Crippen molar-refractivity contribution < 1.29 is 9.59 Å². The Morgan fingerprint density at radius 3 is 2.56 bits per heavy atom. The first-order valence-corrected chi connectivity index (χ1v) is 8.78. The molecule has 4 N–H and O–H groups in total. The van der Waals surface area contributed by atoms with E-state index < -0.39 is 0 Å². The lowest BCUT2D eigenvalue weighted by atomic mass is 10.1. The van der Waals surface area contributed by atoms with Gasteiger partial charge < -0.3 is 16.4 Å². The summed E-state index contributed by atoms with van der Waals surface area (Å²) in [7, 11) is 0. The van der Waals surface area contributed by atoms with Crippen molar-refractivity contribution in [2.24, 2.45) is 5.73 Å². The monoisotopic (exact) mass is 382 g/mol. The SMILES string of the molecule is CCCC(=O)Nc1cccc(NC(=O)c2csc(CCN)n2)c1C.Cl. The molecule has 0 unspecified atom stereocenters. The number of anilines is 2. The predicted octanol–water partition coefficient (Wildman–Crippen LogP) is 3.37. The third-order valence-corrected chi connectivity index (χ3v) is 4.38. The van der Waals surface area contributed by atoms with Gasteiger partial charge in [0, 0.05) is 29.6 Å². The van der Waals surface area contributed by atoms with Crippen LogP contribution in [0.5, 0.6) is 0 Å². The minimum atomic E-state index is -0.269. The number of benzene rings is 1. The smallest absolute Gasteiger partial charge is 0.275 e. The molecule has 2 rings (SSSR count). The summed E-state index contributed by atoms with van der Waals surface area (Å²) in [4.78, 5) is 28.4. The third kappa shape index (κ3) is 5.81. The average Bonchev–Trinajstić information content (AvgIpc) is 3.00. The lowest BCUT2D eigenvalue weighted by Gasteiger charge is -2.13. The van der Waals surface area contributed by atoms with Crippen molar-refractivity contribution in [3.05, 3.63) is 39.8 Å². The van der Waals surface area contributed by atoms with E-state index in [1.807, 2.05) is 19.9 Å². The van der Waals surface area contributed by atoms with Crippen LogP contribution in [0.4, 0.5) is 11.4 Å². The number of amides is 2. The highest BCUT2D eigenvalue weighted by Gasteiger charge is 2.13. The highest BCUT2D eigenvalue weighted by atomic mass is 35.5. The number of thiazole rings is 1. The van der Waals surface area contributed by atoms with Crippen LogP contribution in [0.25, 0.3) is 0 Å². The van der Waals surface area contributed by atoms with Crippen LogP contribution < -0.4 is 16.4 Å². The van der Waals surface area contributed by atoms with Gasteiger partial charge >= 0.3 is 0 Å². The molecule has 136 valence electrons. The van der Waals surface area contributed by atoms with Crippen molar-refractivity contribution in [3.8, 4) is 0 Å². The number of halogens is 1. The van der Waals surface area contributed by atoms with Gasteiger partial charge in [-0.05, 0) is 37.6 Å². The highest BCUT2D eigenvalue weighted by molar-refractivity contribution is 7.09. The molecule has 6 nitrogen and oxygen atoms in total. The van der Waals surface area contributed by atoms with Crippen LogP contribution in [0.15, 0.2) is 23.6 Å². The largest absolute Gasteiger partial charge is 0.330 e. The number of nitrogens with zero attached hydrogens (tertiary/aromatic N) is 1. The summed E-state index contributed by atoms with van der Waals surface area (Å²) in [5.74, 6) is -0.301. The summed E-state index contributed by atoms with van der Waals surface area (Å²) in [5.41, 5.74) is 8.05. The molecule has 2 aromatic rings. The van der Waals surface area contributed by atoms with Crippen molar-refractivity contribution in [1.82, 2.24) is 4.98 Å². The maximum absolute atomic E-state index is 12.3. The van der Waals surface area contributed by atoms with E-state index in [0.29, 0.717) is 36.5 Å². The molecule has 8 heteroatoms. The number of hydrogen-bond acceptors (Lipinski definition) is 5. The van der Waals surface area contributed by atoms with Gasteiger partial charge in [-0.25, -0.2) is 4.98 Å². The van der Waals surface area contributed by atoms with Gasteiger partial charge in [0.15, 0.2) is 0 Å². The first-order chi connectivity index (χ1) is 11.5. The minimum absolute atomic E-state index is 0. The molecule has 0 saturated heterocycles. The normalized spacial score (nSPS) is 10.0. The summed E-state index contributed by atoms with van der Waals surface area (Å²) in [6.07, 6.45) is 1.92. The topological polar surface area (TPSA) is 97.1 Å². The van der Waals surface area contributed by atoms with Crippen LogP contribution in [0.1, 0.15) is 40.8 Å². The van der Waals surface area contributed by atoms with Crippen molar-refractivity contribution in [2.45, 2.75) is 33.1 Å². The fraction of sp³-hybridized carbons (Fsp3) is 0.353. The summed E-state index contributed by atoms with van der Waals surface area (Å²) in [5, 5.41) is 8.29. The molecular formula is C17H23ClN4O2S. The predicted molar refractivity (Wildman–Crippen MR) is 105 cm³/mol. The Hall–Kier alpha value is -1.96. The highest BCUT2D eigenvalue weighted by Crippen LogP contribution is 2.24. The molecular weight excluding hydrogens is 360 g/mol. The molecule has 1 aromatic heterocycles. The fourth-order valence-corrected chi connectivity index (χ4v) is 2.98. The Kier molecular flexibility index (Phi) is 8.54. The molecule has 25 heavy (non-hydrogen) atoms. The number of nitrogens with one attached hydrogen (secondary N) is 2. The Labute approximate surface area is 157 Å². The first kappa shape index (κ1) is 21.1. The lowest BCUT2D eigenvalue weighted by Crippen LogP contribution is -2.15. The first-order valence-electron chi connectivity index (χ1n) is 7.90. The van der Waals surface area contributed by atoms with Crippen LogP contribution in [0.2, 0.25) is 0 Å². The van der Waals surface area contributed by atoms with Crippen LogP contribution in [-0.4, -0.2) is 23.3 Å². The van der Waals surface area contributed by atoms with Gasteiger partial charge in [-0.1, -0.05) is 13.0 Å². The van der Waals surface area contributed by atoms with E-state index in [0.717, 1.165) is 17.0 Å². The van der Waals surface area contributed by atoms with Gasteiger partial charge in [-0.2, -0.15) is 0 Å². The quantitative estimate of drug-likeness (QED) is 0.683. The summed E-state index contributed by atoms with van der Waals surface area (Å²) in [6.45, 7) is 4.32. The van der Waals surface area contributed by atoms with Gasteiger partial charge in [-0.15, -0.1) is 23.7 Å². The van der Waals surface area contributed by atoms with E-state index in [-0.39, 0.29) is 24.2 Å². The Morgan fingerprint density at radius 1 is 1.24 bits per heavy atom. The van der Waals surface area contributed by atoms with E-state index in [4.69, 9.17) is 5.73 Å². The molecule has 0 spiro atoms. The van der Waals surface area contributed by atoms with Crippen molar-refractivity contribution in [3.63, 3.8) is 0 Å². The van der Waals surface area contributed by atoms with E-state index in [1.54, 1.807) is 17.5 Å². The van der Waals surface area contributed by atoms with E-state index in [2.05, 4.69) is 15.6 Å². The second-order valence-electron chi connectivity index (χ2n) is 5.40. The molecule has 0 aliphatic carbocycles. The molecule has 2 amide bonds. The van der Waals surface area contributed by atoms with Crippen molar-refractivity contribution in [1.29, 1.82) is 0 Å². The van der Waals surface area contributed by atoms with Crippen LogP contribution in [0, 0.1) is 6.92 Å². The number of aromatic nitrogens is 1. The number of hydrogen-bond donors (Lipinski definition) is 3. The molecule has 0 saturated carbocycles. The molecule has 0 aliphatic heterocycles. The van der Waals surface area contributed by atoms with Crippen LogP contribution >= 0.6 is 23.7 Å². The van der Waals surface area contributed by atoms with Gasteiger partial charge in [0.1, 0.15) is 5.69 Å². The van der Waals surface area contributed by atoms with E-state index in [1.165, 1.54) is 11.3 Å². The molecule has 0 aliphatic rings. The Morgan fingerprint density at radius 2 is 1.92 bits per heavy atom. The average molecular weight is 383 g/mol. The van der Waals surface area contributed by atoms with E-state index in [9.17, 15) is 9.59 Å². The zero-order valence-electron chi connectivity index (χ0n) is 14.3. The Balaban J connectivity index is 0.00000312. The standard InChI is InChI=1S/C17H22N4O2S.ClH/c1-3-5-15(22)19-12-6-4-7-13(11(12)2)21-17(23)14-10-24-16(20-14)8-9-18;/h4,6-7,10H,3,5,8-9,18H2,1-2H3,(H,19,22)(H,21,23);1H. The van der Waals surface area contributed by atoms with E-state index >= 15 is 0 Å². The van der Waals surface area contributed by atoms with Gasteiger partial charge in [0.2, 0.25) is 5.91 Å². The minimum Gasteiger partial charge on any atom is -0.330 e. The number of carbonyl (C=O) groups is 2. The molecule has 0 fully saturated rings. The van der Waals surface area contributed by atoms with Gasteiger partial charge in [0.05, 0.1) is 5.01 Å². The van der Waals surface area contributed by atoms with Crippen LogP contribution in [-0.2, 0) is 11.2 Å². The fourth-order valence-electron chi connectivity index (χ4n) is 2.19. The summed E-state index contributed by atoms with van der Waals surface area (Å²) >= 11 is 1.43. The number of carbonyl (C=O) groups excluding carboxylic acids is 2. The third-order valence-electron chi connectivity index (χ3n) is 3.48. The zero-order chi connectivity index (χ0) is 17.5. The van der Waals surface area contributed by atoms with Gasteiger partial charge in [0.25, 0.3) is 5.91 Å². The maximum Gasteiger partial charge on any atom is 0.275 e. The molecule has 0 radical (unpaired) electrons. The second kappa shape index (κ2) is 10.1. The summed E-state index contributed by atoms with van der Waals surface area (Å²) < 4.78 is 0. The number of rotatable bonds is 7. The van der Waals surface area contributed by atoms with Crippen molar-refractivity contribution >= 4 is 46.9 Å². The molecule has 1 heterocycles. The second-order valence-corrected chi connectivity index (χ2v) is 6.34. The number of nitrogens with two attached hydrogens (primary N) is 1. The van der Waals surface area contributed by atoms with Crippen molar-refractivity contribution in [2.75, 3.05) is 17.2 Å². The van der Waals surface area contributed by atoms with Gasteiger partial charge in [-0.3, -0.25) is 9.59 Å². The van der Waals surface area contributed by atoms with Crippen LogP contribution in [0.3, 0.4) is 0 Å². The Bertz CT molecular complexity index is 733. The zero-order valence-corrected chi connectivity index (χ0v) is 15.9. The summed E-state index contributed by atoms with van der Waals surface area (Å²) in [6, 6.07) is 5.42. The molecule has 0 bridgehead atoms. The maximum atomic E-state index is 12.3.